The Morgan fingerprint density at radius 1 is 1.20 bits per heavy atom. The number of fused-ring (bicyclic) bond motifs is 4. The first kappa shape index (κ1) is 18.8. The molecule has 9 heteroatoms. The van der Waals surface area contributed by atoms with E-state index in [-0.39, 0.29) is 11.3 Å². The minimum absolute atomic E-state index is 0.0616. The molecule has 0 saturated carbocycles. The number of H-pyrrole nitrogens is 1. The Hall–Kier alpha value is -3.17. The fourth-order valence-electron chi connectivity index (χ4n) is 4.01. The number of hydrogen-bond acceptors (Lipinski definition) is 5. The van der Waals surface area contributed by atoms with Crippen molar-refractivity contribution in [1.82, 2.24) is 20.2 Å². The van der Waals surface area contributed by atoms with Crippen LogP contribution in [0, 0.1) is 11.6 Å². The van der Waals surface area contributed by atoms with Gasteiger partial charge in [0.15, 0.2) is 11.6 Å². The number of carbonyl (C=O) groups is 1. The molecule has 4 aromatic rings. The summed E-state index contributed by atoms with van der Waals surface area (Å²) in [7, 11) is 1.66. The molecule has 6 nitrogen and oxygen atoms in total. The number of pyridine rings is 1. The van der Waals surface area contributed by atoms with Crippen LogP contribution in [0.3, 0.4) is 0 Å². The van der Waals surface area contributed by atoms with E-state index in [0.717, 1.165) is 22.3 Å². The van der Waals surface area contributed by atoms with Gasteiger partial charge in [-0.15, -0.1) is 11.3 Å². The summed E-state index contributed by atoms with van der Waals surface area (Å²) < 4.78 is 28.7. The lowest BCUT2D eigenvalue weighted by molar-refractivity contribution is 0.0723. The maximum absolute atomic E-state index is 14.0. The molecule has 0 fully saturated rings. The summed E-state index contributed by atoms with van der Waals surface area (Å²) in [5.41, 5.74) is 3.75. The fraction of sp³-hybridized carbons (Fsp3) is 0.190. The van der Waals surface area contributed by atoms with E-state index in [9.17, 15) is 18.4 Å². The van der Waals surface area contributed by atoms with Crippen LogP contribution < -0.4 is 10.9 Å². The first-order valence-corrected chi connectivity index (χ1v) is 10.2. The van der Waals surface area contributed by atoms with Gasteiger partial charge in [-0.2, -0.15) is 0 Å². The molecule has 152 valence electrons. The topological polar surface area (TPSA) is 78.1 Å². The zero-order valence-corrected chi connectivity index (χ0v) is 16.6. The monoisotopic (exact) mass is 426 g/mol. The van der Waals surface area contributed by atoms with E-state index in [2.05, 4.69) is 15.3 Å². The first-order chi connectivity index (χ1) is 14.4. The Bertz CT molecular complexity index is 1380. The van der Waals surface area contributed by atoms with Gasteiger partial charge in [0.05, 0.1) is 27.2 Å². The van der Waals surface area contributed by atoms with Crippen molar-refractivity contribution in [1.29, 1.82) is 0 Å². The second-order valence-corrected chi connectivity index (χ2v) is 8.14. The van der Waals surface area contributed by atoms with E-state index >= 15 is 0 Å². The maximum atomic E-state index is 14.0. The number of amides is 1. The third-order valence-electron chi connectivity index (χ3n) is 5.52. The quantitative estimate of drug-likeness (QED) is 0.516. The van der Waals surface area contributed by atoms with E-state index in [0.29, 0.717) is 35.3 Å². The molecule has 2 aromatic carbocycles. The molecule has 0 bridgehead atoms. The van der Waals surface area contributed by atoms with Gasteiger partial charge < -0.3 is 15.2 Å². The Morgan fingerprint density at radius 2 is 1.97 bits per heavy atom. The highest BCUT2D eigenvalue weighted by Crippen LogP contribution is 2.33. The fourth-order valence-corrected chi connectivity index (χ4v) is 4.73. The van der Waals surface area contributed by atoms with Gasteiger partial charge in [0.25, 0.3) is 11.5 Å². The van der Waals surface area contributed by atoms with Gasteiger partial charge in [-0.25, -0.2) is 13.8 Å². The number of aromatic amines is 1. The zero-order valence-electron chi connectivity index (χ0n) is 15.8. The third kappa shape index (κ3) is 2.89. The number of likely N-dealkylation sites (N-methyl/N-ethyl adjacent to an activating group) is 1. The van der Waals surface area contributed by atoms with Crippen LogP contribution in [-0.4, -0.2) is 34.4 Å². The summed E-state index contributed by atoms with van der Waals surface area (Å²) in [6.07, 6.45) is 0. The van der Waals surface area contributed by atoms with Crippen molar-refractivity contribution in [3.05, 3.63) is 74.7 Å². The van der Waals surface area contributed by atoms with E-state index in [4.69, 9.17) is 0 Å². The van der Waals surface area contributed by atoms with Crippen LogP contribution in [0.1, 0.15) is 27.7 Å². The van der Waals surface area contributed by atoms with Crippen LogP contribution in [-0.2, 0) is 6.54 Å². The summed E-state index contributed by atoms with van der Waals surface area (Å²) in [4.78, 5) is 34.1. The highest BCUT2D eigenvalue weighted by molar-refractivity contribution is 7.16. The Morgan fingerprint density at radius 3 is 2.77 bits per heavy atom. The standard InChI is InChI=1S/C21H16F2N4O2S/c1-27(21(29)10-2-3-15-18(4-10)30-9-25-15)17-8-24-7-16-19(17)11-5-13(22)14(23)6-12(11)20(28)26-16/h2-6,9,17,24H,7-8H2,1H3,(H,26,28). The molecule has 1 unspecified atom stereocenters. The van der Waals surface area contributed by atoms with Crippen molar-refractivity contribution in [2.45, 2.75) is 12.6 Å². The number of rotatable bonds is 2. The second kappa shape index (κ2) is 6.96. The summed E-state index contributed by atoms with van der Waals surface area (Å²) >= 11 is 1.45. The highest BCUT2D eigenvalue weighted by atomic mass is 32.1. The number of benzene rings is 2. The lowest BCUT2D eigenvalue weighted by Gasteiger charge is -2.34. The van der Waals surface area contributed by atoms with Gasteiger partial charge in [-0.1, -0.05) is 0 Å². The normalized spacial score (nSPS) is 16.0. The van der Waals surface area contributed by atoms with Crippen LogP contribution in [0.15, 0.2) is 40.6 Å². The van der Waals surface area contributed by atoms with Crippen molar-refractivity contribution >= 4 is 38.2 Å². The van der Waals surface area contributed by atoms with Crippen molar-refractivity contribution < 1.29 is 13.6 Å². The van der Waals surface area contributed by atoms with Crippen molar-refractivity contribution in [3.8, 4) is 0 Å². The maximum Gasteiger partial charge on any atom is 0.256 e. The van der Waals surface area contributed by atoms with Gasteiger partial charge in [-0.3, -0.25) is 9.59 Å². The molecule has 1 aliphatic heterocycles. The number of aromatic nitrogens is 2. The van der Waals surface area contributed by atoms with Crippen molar-refractivity contribution in [3.63, 3.8) is 0 Å². The molecule has 0 saturated heterocycles. The molecule has 2 N–H and O–H groups in total. The molecule has 0 aliphatic carbocycles. The molecule has 1 atom stereocenters. The molecule has 0 spiro atoms. The number of halogens is 2. The summed E-state index contributed by atoms with van der Waals surface area (Å²) in [6, 6.07) is 6.79. The number of hydrogen-bond donors (Lipinski definition) is 2. The van der Waals surface area contributed by atoms with Crippen LogP contribution in [0.25, 0.3) is 21.0 Å². The molecular weight excluding hydrogens is 410 g/mol. The van der Waals surface area contributed by atoms with E-state index in [1.165, 1.54) is 11.3 Å². The lowest BCUT2D eigenvalue weighted by Crippen LogP contribution is -2.42. The molecule has 1 aliphatic rings. The smallest absolute Gasteiger partial charge is 0.256 e. The van der Waals surface area contributed by atoms with Gasteiger partial charge in [0.1, 0.15) is 0 Å². The third-order valence-corrected chi connectivity index (χ3v) is 6.32. The minimum Gasteiger partial charge on any atom is -0.333 e. The SMILES string of the molecule is CN(C(=O)c1ccc2ncsc2c1)C1CNCc2[nH]c(=O)c3cc(F)c(F)cc3c21. The van der Waals surface area contributed by atoms with E-state index < -0.39 is 23.2 Å². The summed E-state index contributed by atoms with van der Waals surface area (Å²) in [5.74, 6) is -2.33. The molecule has 5 rings (SSSR count). The molecule has 0 radical (unpaired) electrons. The number of carbonyl (C=O) groups excluding carboxylic acids is 1. The van der Waals surface area contributed by atoms with E-state index in [1.807, 2.05) is 0 Å². The number of nitrogens with one attached hydrogen (secondary N) is 2. The molecule has 30 heavy (non-hydrogen) atoms. The molecule has 2 aromatic heterocycles. The zero-order chi connectivity index (χ0) is 21.0. The summed E-state index contributed by atoms with van der Waals surface area (Å²) in [6.45, 7) is 0.781. The van der Waals surface area contributed by atoms with E-state index in [1.54, 1.807) is 35.7 Å². The molecular formula is C21H16F2N4O2S. The largest absolute Gasteiger partial charge is 0.333 e. The van der Waals surface area contributed by atoms with Crippen LogP contribution in [0.2, 0.25) is 0 Å². The Labute approximate surface area is 173 Å². The highest BCUT2D eigenvalue weighted by Gasteiger charge is 2.30. The van der Waals surface area contributed by atoms with Crippen LogP contribution >= 0.6 is 11.3 Å². The average Bonchev–Trinajstić information content (AvgIpc) is 3.21. The Kier molecular flexibility index (Phi) is 4.37. The lowest BCUT2D eigenvalue weighted by atomic mass is 9.93. The average molecular weight is 426 g/mol. The van der Waals surface area contributed by atoms with Crippen LogP contribution in [0.5, 0.6) is 0 Å². The predicted molar refractivity (Wildman–Crippen MR) is 111 cm³/mol. The van der Waals surface area contributed by atoms with Gasteiger partial charge >= 0.3 is 0 Å². The van der Waals surface area contributed by atoms with Crippen molar-refractivity contribution in [2.24, 2.45) is 0 Å². The molecule has 1 amide bonds. The van der Waals surface area contributed by atoms with Gasteiger partial charge in [-0.05, 0) is 35.7 Å². The number of thiazole rings is 1. The first-order valence-electron chi connectivity index (χ1n) is 9.29. The van der Waals surface area contributed by atoms with Gasteiger partial charge in [0.2, 0.25) is 0 Å². The molecule has 3 heterocycles. The minimum atomic E-state index is -1.08. The second-order valence-electron chi connectivity index (χ2n) is 7.26. The van der Waals surface area contributed by atoms with Gasteiger partial charge in [0, 0.05) is 37.0 Å². The predicted octanol–water partition coefficient (Wildman–Crippen LogP) is 3.33. The number of nitrogens with zero attached hydrogens (tertiary/aromatic N) is 2. The Balaban J connectivity index is 1.62. The van der Waals surface area contributed by atoms with Crippen LogP contribution in [0.4, 0.5) is 8.78 Å². The van der Waals surface area contributed by atoms with Crippen molar-refractivity contribution in [2.75, 3.05) is 13.6 Å². The summed E-state index contributed by atoms with van der Waals surface area (Å²) in [5, 5.41) is 3.56.